The first-order valence-electron chi connectivity index (χ1n) is 9.12. The maximum atomic E-state index is 12.9. The maximum Gasteiger partial charge on any atom is 0.254 e. The molecule has 5 nitrogen and oxygen atoms in total. The number of benzene rings is 2. The Morgan fingerprint density at radius 3 is 2.48 bits per heavy atom. The van der Waals surface area contributed by atoms with Crippen LogP contribution in [0.25, 0.3) is 0 Å². The van der Waals surface area contributed by atoms with E-state index < -0.39 is 0 Å². The number of hydrogen-bond acceptors (Lipinski definition) is 3. The molecule has 3 rings (SSSR count). The van der Waals surface area contributed by atoms with Crippen LogP contribution in [0.2, 0.25) is 5.02 Å². The number of quaternary nitrogens is 1. The van der Waals surface area contributed by atoms with Crippen LogP contribution < -0.4 is 14.4 Å². The smallest absolute Gasteiger partial charge is 0.254 e. The fourth-order valence-corrected chi connectivity index (χ4v) is 3.79. The number of nitrogens with one attached hydrogen (secondary N) is 1. The molecular weight excluding hydrogens is 364 g/mol. The van der Waals surface area contributed by atoms with E-state index in [9.17, 15) is 4.79 Å². The molecule has 0 saturated carbocycles. The molecule has 144 valence electrons. The quantitative estimate of drug-likeness (QED) is 0.852. The normalized spacial score (nSPS) is 14.9. The Balaban J connectivity index is 1.65. The van der Waals surface area contributed by atoms with Gasteiger partial charge in [0.1, 0.15) is 6.54 Å². The van der Waals surface area contributed by atoms with E-state index in [2.05, 4.69) is 31.2 Å². The molecule has 27 heavy (non-hydrogen) atoms. The molecule has 1 N–H and O–H groups in total. The van der Waals surface area contributed by atoms with Crippen molar-refractivity contribution in [1.82, 2.24) is 4.90 Å². The van der Waals surface area contributed by atoms with Gasteiger partial charge in [0.05, 0.1) is 45.4 Å². The van der Waals surface area contributed by atoms with E-state index in [1.54, 1.807) is 12.1 Å². The standard InChI is InChI=1S/C21H25ClN2O3/c1-15-6-4-5-7-16(15)14-23-8-10-24(11-9-23)21(25)17-12-18(22)20(27-3)19(13-17)26-2/h4-7,12-13H,8-11,14H2,1-3H3/p+1. The minimum atomic E-state index is -0.0206. The number of ether oxygens (including phenoxy) is 2. The van der Waals surface area contributed by atoms with Crippen molar-refractivity contribution in [3.63, 3.8) is 0 Å². The number of carbonyl (C=O) groups excluding carboxylic acids is 1. The van der Waals surface area contributed by atoms with Crippen LogP contribution in [-0.2, 0) is 6.54 Å². The van der Waals surface area contributed by atoms with Crippen LogP contribution >= 0.6 is 11.6 Å². The summed E-state index contributed by atoms with van der Waals surface area (Å²) in [4.78, 5) is 16.3. The van der Waals surface area contributed by atoms with Crippen molar-refractivity contribution < 1.29 is 19.2 Å². The summed E-state index contributed by atoms with van der Waals surface area (Å²) in [6.07, 6.45) is 0. The molecule has 1 aliphatic rings. The molecule has 1 saturated heterocycles. The van der Waals surface area contributed by atoms with Crippen molar-refractivity contribution in [2.24, 2.45) is 0 Å². The summed E-state index contributed by atoms with van der Waals surface area (Å²) in [6.45, 7) is 6.46. The summed E-state index contributed by atoms with van der Waals surface area (Å²) >= 11 is 6.24. The van der Waals surface area contributed by atoms with E-state index in [1.165, 1.54) is 30.2 Å². The molecule has 1 fully saturated rings. The van der Waals surface area contributed by atoms with Gasteiger partial charge >= 0.3 is 0 Å². The van der Waals surface area contributed by atoms with Crippen LogP contribution in [0, 0.1) is 6.92 Å². The average Bonchev–Trinajstić information content (AvgIpc) is 2.69. The predicted molar refractivity (Wildman–Crippen MR) is 106 cm³/mol. The van der Waals surface area contributed by atoms with Crippen LogP contribution in [0.5, 0.6) is 11.5 Å². The van der Waals surface area contributed by atoms with Gasteiger partial charge < -0.3 is 19.3 Å². The lowest BCUT2D eigenvalue weighted by Gasteiger charge is -2.32. The number of piperazine rings is 1. The third kappa shape index (κ3) is 4.37. The van der Waals surface area contributed by atoms with Crippen LogP contribution in [0.4, 0.5) is 0 Å². The van der Waals surface area contributed by atoms with E-state index in [0.29, 0.717) is 22.1 Å². The molecule has 0 radical (unpaired) electrons. The fourth-order valence-electron chi connectivity index (χ4n) is 3.50. The second-order valence-electron chi connectivity index (χ2n) is 6.84. The highest BCUT2D eigenvalue weighted by Gasteiger charge is 2.26. The van der Waals surface area contributed by atoms with Crippen LogP contribution in [0.1, 0.15) is 21.5 Å². The van der Waals surface area contributed by atoms with Crippen molar-refractivity contribution in [2.75, 3.05) is 40.4 Å². The predicted octanol–water partition coefficient (Wildman–Crippen LogP) is 2.21. The van der Waals surface area contributed by atoms with Crippen molar-refractivity contribution in [1.29, 1.82) is 0 Å². The van der Waals surface area contributed by atoms with Crippen molar-refractivity contribution in [3.8, 4) is 11.5 Å². The molecule has 6 heteroatoms. The molecule has 1 amide bonds. The number of nitrogens with zero attached hydrogens (tertiary/aromatic N) is 1. The van der Waals surface area contributed by atoms with Gasteiger partial charge in [0.2, 0.25) is 0 Å². The monoisotopic (exact) mass is 389 g/mol. The molecule has 0 spiro atoms. The molecule has 0 aliphatic carbocycles. The van der Waals surface area contributed by atoms with E-state index in [-0.39, 0.29) is 5.91 Å². The minimum absolute atomic E-state index is 0.0206. The second-order valence-corrected chi connectivity index (χ2v) is 7.25. The molecule has 0 atom stereocenters. The van der Waals surface area contributed by atoms with E-state index in [0.717, 1.165) is 32.7 Å². The number of methoxy groups -OCH3 is 2. The fraction of sp³-hybridized carbons (Fsp3) is 0.381. The Bertz CT molecular complexity index is 817. The zero-order valence-corrected chi connectivity index (χ0v) is 16.8. The first-order chi connectivity index (χ1) is 13.0. The van der Waals surface area contributed by atoms with Gasteiger partial charge in [-0.2, -0.15) is 0 Å². The number of carbonyl (C=O) groups is 1. The SMILES string of the molecule is COc1cc(C(=O)N2CC[NH+](Cc3ccccc3C)CC2)cc(Cl)c1OC. The molecule has 0 bridgehead atoms. The van der Waals surface area contributed by atoms with E-state index in [4.69, 9.17) is 21.1 Å². The third-order valence-corrected chi connectivity index (χ3v) is 5.42. The zero-order valence-electron chi connectivity index (χ0n) is 16.0. The Morgan fingerprint density at radius 2 is 1.85 bits per heavy atom. The highest BCUT2D eigenvalue weighted by atomic mass is 35.5. The molecule has 0 aromatic heterocycles. The third-order valence-electron chi connectivity index (χ3n) is 5.14. The van der Waals surface area contributed by atoms with Gasteiger partial charge in [-0.25, -0.2) is 0 Å². The lowest BCUT2D eigenvalue weighted by molar-refractivity contribution is -0.917. The molecule has 0 unspecified atom stereocenters. The topological polar surface area (TPSA) is 43.2 Å². The van der Waals surface area contributed by atoms with E-state index >= 15 is 0 Å². The summed E-state index contributed by atoms with van der Waals surface area (Å²) < 4.78 is 10.5. The van der Waals surface area contributed by atoms with Gasteiger partial charge in [0, 0.05) is 11.1 Å². The van der Waals surface area contributed by atoms with Crippen molar-refractivity contribution in [2.45, 2.75) is 13.5 Å². The highest BCUT2D eigenvalue weighted by molar-refractivity contribution is 6.32. The van der Waals surface area contributed by atoms with Crippen molar-refractivity contribution in [3.05, 3.63) is 58.1 Å². The van der Waals surface area contributed by atoms with Crippen molar-refractivity contribution >= 4 is 17.5 Å². The summed E-state index contributed by atoms with van der Waals surface area (Å²) in [5, 5.41) is 0.379. The summed E-state index contributed by atoms with van der Waals surface area (Å²) in [6, 6.07) is 11.8. The number of amides is 1. The largest absolute Gasteiger partial charge is 0.493 e. The summed E-state index contributed by atoms with van der Waals surface area (Å²) in [7, 11) is 3.07. The molecule has 2 aromatic carbocycles. The summed E-state index contributed by atoms with van der Waals surface area (Å²) in [5.41, 5.74) is 3.22. The number of rotatable bonds is 5. The average molecular weight is 390 g/mol. The number of hydrogen-bond donors (Lipinski definition) is 1. The molecular formula is C21H26ClN2O3+. The minimum Gasteiger partial charge on any atom is -0.493 e. The maximum absolute atomic E-state index is 12.9. The Labute approximate surface area is 165 Å². The van der Waals surface area contributed by atoms with Gasteiger partial charge in [-0.05, 0) is 24.6 Å². The Kier molecular flexibility index (Phi) is 6.24. The first kappa shape index (κ1) is 19.5. The van der Waals surface area contributed by atoms with Crippen LogP contribution in [0.15, 0.2) is 36.4 Å². The highest BCUT2D eigenvalue weighted by Crippen LogP contribution is 2.36. The molecule has 1 aliphatic heterocycles. The first-order valence-corrected chi connectivity index (χ1v) is 9.50. The Hall–Kier alpha value is -2.24. The number of halogens is 1. The van der Waals surface area contributed by atoms with Crippen LogP contribution in [0.3, 0.4) is 0 Å². The lowest BCUT2D eigenvalue weighted by Crippen LogP contribution is -3.13. The van der Waals surface area contributed by atoms with Gasteiger partial charge in [0.25, 0.3) is 5.91 Å². The van der Waals surface area contributed by atoms with Crippen LogP contribution in [-0.4, -0.2) is 51.2 Å². The summed E-state index contributed by atoms with van der Waals surface area (Å²) in [5.74, 6) is 0.896. The lowest BCUT2D eigenvalue weighted by atomic mass is 10.1. The zero-order chi connectivity index (χ0) is 19.4. The molecule has 1 heterocycles. The van der Waals surface area contributed by atoms with E-state index in [1.807, 2.05) is 4.90 Å². The molecule has 2 aromatic rings. The van der Waals surface area contributed by atoms with Gasteiger partial charge in [-0.3, -0.25) is 4.79 Å². The number of aryl methyl sites for hydroxylation is 1. The van der Waals surface area contributed by atoms with Gasteiger partial charge in [0.15, 0.2) is 11.5 Å². The second kappa shape index (κ2) is 8.63. The Morgan fingerprint density at radius 1 is 1.15 bits per heavy atom. The van der Waals surface area contributed by atoms with Gasteiger partial charge in [-0.1, -0.05) is 35.9 Å². The van der Waals surface area contributed by atoms with Gasteiger partial charge in [-0.15, -0.1) is 0 Å².